The van der Waals surface area contributed by atoms with Crippen LogP contribution in [0.4, 0.5) is 4.39 Å². The summed E-state index contributed by atoms with van der Waals surface area (Å²) in [7, 11) is 0. The zero-order valence-electron chi connectivity index (χ0n) is 10.5. The molecule has 0 bridgehead atoms. The van der Waals surface area contributed by atoms with Gasteiger partial charge in [0.2, 0.25) is 0 Å². The number of hydrazone groups is 1. The molecule has 21 heavy (non-hydrogen) atoms. The summed E-state index contributed by atoms with van der Waals surface area (Å²) in [5.41, 5.74) is 2.08. The van der Waals surface area contributed by atoms with E-state index in [1.807, 2.05) is 0 Å². The van der Waals surface area contributed by atoms with Crippen molar-refractivity contribution in [2.75, 3.05) is 0 Å². The molecule has 0 fully saturated rings. The van der Waals surface area contributed by atoms with Crippen LogP contribution in [0.25, 0.3) is 0 Å². The summed E-state index contributed by atoms with van der Waals surface area (Å²) in [4.78, 5) is 11.7. The molecule has 0 aliphatic rings. The Kier molecular flexibility index (Phi) is 4.39. The number of rotatable bonds is 3. The Bertz CT molecular complexity index is 699. The van der Waals surface area contributed by atoms with Crippen molar-refractivity contribution in [1.82, 2.24) is 5.43 Å². The van der Waals surface area contributed by atoms with Crippen LogP contribution in [0.5, 0.6) is 11.5 Å². The standard InChI is InChI=1S/C14H10ClFN2O3/c15-11-2-1-3-12(16)10(11)7-17-18-14(21)9-5-4-8(19)6-13(9)20/h1-7,19-20H,(H,18,21). The highest BCUT2D eigenvalue weighted by Gasteiger charge is 2.11. The van der Waals surface area contributed by atoms with E-state index < -0.39 is 17.5 Å². The first-order valence-corrected chi connectivity index (χ1v) is 6.16. The number of phenols is 2. The SMILES string of the molecule is O=C(NN=Cc1c(F)cccc1Cl)c1ccc(O)cc1O. The van der Waals surface area contributed by atoms with Crippen LogP contribution in [0, 0.1) is 5.82 Å². The van der Waals surface area contributed by atoms with E-state index in [2.05, 4.69) is 10.5 Å². The van der Waals surface area contributed by atoms with Crippen LogP contribution in [-0.4, -0.2) is 22.3 Å². The number of nitrogens with zero attached hydrogens (tertiary/aromatic N) is 1. The van der Waals surface area contributed by atoms with Crippen LogP contribution >= 0.6 is 11.6 Å². The predicted molar refractivity (Wildman–Crippen MR) is 76.2 cm³/mol. The number of amides is 1. The summed E-state index contributed by atoms with van der Waals surface area (Å²) >= 11 is 5.79. The number of hydrogen-bond donors (Lipinski definition) is 3. The lowest BCUT2D eigenvalue weighted by Gasteiger charge is -2.03. The quantitative estimate of drug-likeness (QED) is 0.602. The lowest BCUT2D eigenvalue weighted by atomic mass is 10.2. The molecule has 1 amide bonds. The van der Waals surface area contributed by atoms with Crippen molar-refractivity contribution in [2.45, 2.75) is 0 Å². The topological polar surface area (TPSA) is 81.9 Å². The van der Waals surface area contributed by atoms with Crippen molar-refractivity contribution in [3.05, 3.63) is 58.4 Å². The monoisotopic (exact) mass is 308 g/mol. The third-order valence-electron chi connectivity index (χ3n) is 2.59. The maximum atomic E-state index is 13.5. The second-order valence-electron chi connectivity index (χ2n) is 4.04. The van der Waals surface area contributed by atoms with E-state index in [1.165, 1.54) is 30.3 Å². The number of carbonyl (C=O) groups is 1. The molecule has 0 saturated heterocycles. The Hall–Kier alpha value is -2.60. The van der Waals surface area contributed by atoms with Gasteiger partial charge in [0, 0.05) is 11.6 Å². The van der Waals surface area contributed by atoms with E-state index >= 15 is 0 Å². The maximum Gasteiger partial charge on any atom is 0.275 e. The van der Waals surface area contributed by atoms with Crippen molar-refractivity contribution < 1.29 is 19.4 Å². The van der Waals surface area contributed by atoms with Crippen molar-refractivity contribution >= 4 is 23.7 Å². The smallest absolute Gasteiger partial charge is 0.275 e. The van der Waals surface area contributed by atoms with Gasteiger partial charge >= 0.3 is 0 Å². The van der Waals surface area contributed by atoms with Gasteiger partial charge in [-0.15, -0.1) is 0 Å². The summed E-state index contributed by atoms with van der Waals surface area (Å²) < 4.78 is 13.5. The lowest BCUT2D eigenvalue weighted by molar-refractivity contribution is 0.0952. The summed E-state index contributed by atoms with van der Waals surface area (Å²) in [6.45, 7) is 0. The minimum absolute atomic E-state index is 0.0365. The summed E-state index contributed by atoms with van der Waals surface area (Å²) in [6.07, 6.45) is 1.06. The normalized spacial score (nSPS) is 10.8. The van der Waals surface area contributed by atoms with Gasteiger partial charge in [-0.1, -0.05) is 17.7 Å². The highest BCUT2D eigenvalue weighted by molar-refractivity contribution is 6.33. The lowest BCUT2D eigenvalue weighted by Crippen LogP contribution is -2.17. The van der Waals surface area contributed by atoms with Crippen LogP contribution in [0.1, 0.15) is 15.9 Å². The Morgan fingerprint density at radius 3 is 2.71 bits per heavy atom. The third kappa shape index (κ3) is 3.49. The molecular formula is C14H10ClFN2O3. The second-order valence-corrected chi connectivity index (χ2v) is 4.44. The van der Waals surface area contributed by atoms with Crippen LogP contribution in [0.15, 0.2) is 41.5 Å². The zero-order chi connectivity index (χ0) is 15.4. The number of benzene rings is 2. The number of nitrogens with one attached hydrogen (secondary N) is 1. The molecule has 0 atom stereocenters. The van der Waals surface area contributed by atoms with E-state index in [1.54, 1.807) is 0 Å². The van der Waals surface area contributed by atoms with E-state index in [0.29, 0.717) is 0 Å². The molecule has 0 radical (unpaired) electrons. The van der Waals surface area contributed by atoms with Gasteiger partial charge in [0.15, 0.2) is 0 Å². The van der Waals surface area contributed by atoms with E-state index in [0.717, 1.165) is 12.3 Å². The molecular weight excluding hydrogens is 299 g/mol. The van der Waals surface area contributed by atoms with Crippen molar-refractivity contribution in [1.29, 1.82) is 0 Å². The Morgan fingerprint density at radius 1 is 1.29 bits per heavy atom. The molecule has 7 heteroatoms. The molecule has 5 nitrogen and oxygen atoms in total. The first-order valence-electron chi connectivity index (χ1n) is 5.78. The molecule has 2 aromatic carbocycles. The summed E-state index contributed by atoms with van der Waals surface area (Å²) in [6, 6.07) is 7.63. The number of aromatic hydroxyl groups is 2. The number of phenolic OH excluding ortho intramolecular Hbond substituents is 2. The molecule has 0 aliphatic heterocycles. The highest BCUT2D eigenvalue weighted by Crippen LogP contribution is 2.22. The van der Waals surface area contributed by atoms with E-state index in [4.69, 9.17) is 16.7 Å². The Morgan fingerprint density at radius 2 is 2.05 bits per heavy atom. The van der Waals surface area contributed by atoms with Crippen LogP contribution in [0.3, 0.4) is 0 Å². The van der Waals surface area contributed by atoms with Crippen LogP contribution < -0.4 is 5.43 Å². The molecule has 2 aromatic rings. The minimum atomic E-state index is -0.712. The van der Waals surface area contributed by atoms with Gasteiger partial charge in [-0.25, -0.2) is 9.82 Å². The molecule has 108 valence electrons. The fourth-order valence-corrected chi connectivity index (χ4v) is 1.77. The average molecular weight is 309 g/mol. The highest BCUT2D eigenvalue weighted by atomic mass is 35.5. The Balaban J connectivity index is 2.12. The minimum Gasteiger partial charge on any atom is -0.508 e. The molecule has 0 heterocycles. The number of hydrogen-bond acceptors (Lipinski definition) is 4. The largest absolute Gasteiger partial charge is 0.508 e. The van der Waals surface area contributed by atoms with Crippen molar-refractivity contribution in [3.8, 4) is 11.5 Å². The Labute approximate surface area is 124 Å². The van der Waals surface area contributed by atoms with E-state index in [9.17, 15) is 14.3 Å². The fourth-order valence-electron chi connectivity index (χ4n) is 1.56. The van der Waals surface area contributed by atoms with Crippen LogP contribution in [0.2, 0.25) is 5.02 Å². The van der Waals surface area contributed by atoms with Gasteiger partial charge in [-0.3, -0.25) is 4.79 Å². The molecule has 3 N–H and O–H groups in total. The number of halogens is 2. The van der Waals surface area contributed by atoms with Gasteiger partial charge in [0.1, 0.15) is 17.3 Å². The average Bonchev–Trinajstić information content (AvgIpc) is 2.42. The maximum absolute atomic E-state index is 13.5. The van der Waals surface area contributed by atoms with Crippen molar-refractivity contribution in [3.63, 3.8) is 0 Å². The molecule has 0 aromatic heterocycles. The molecule has 2 rings (SSSR count). The molecule has 0 unspecified atom stereocenters. The summed E-state index contributed by atoms with van der Waals surface area (Å²) in [5.74, 6) is -1.86. The summed E-state index contributed by atoms with van der Waals surface area (Å²) in [5, 5.41) is 22.4. The van der Waals surface area contributed by atoms with Gasteiger partial charge in [0.25, 0.3) is 5.91 Å². The first kappa shape index (κ1) is 14.8. The second kappa shape index (κ2) is 6.23. The van der Waals surface area contributed by atoms with Crippen molar-refractivity contribution in [2.24, 2.45) is 5.10 Å². The first-order chi connectivity index (χ1) is 9.99. The van der Waals surface area contributed by atoms with Crippen LogP contribution in [-0.2, 0) is 0 Å². The number of carbonyl (C=O) groups excluding carboxylic acids is 1. The van der Waals surface area contributed by atoms with E-state index in [-0.39, 0.29) is 21.9 Å². The molecule has 0 aliphatic carbocycles. The zero-order valence-corrected chi connectivity index (χ0v) is 11.3. The van der Waals surface area contributed by atoms with Gasteiger partial charge < -0.3 is 10.2 Å². The third-order valence-corrected chi connectivity index (χ3v) is 2.91. The molecule has 0 saturated carbocycles. The van der Waals surface area contributed by atoms with Gasteiger partial charge in [0.05, 0.1) is 16.8 Å². The van der Waals surface area contributed by atoms with Gasteiger partial charge in [-0.05, 0) is 24.3 Å². The fraction of sp³-hybridized carbons (Fsp3) is 0. The predicted octanol–water partition coefficient (Wildman–Crippen LogP) is 2.65. The van der Waals surface area contributed by atoms with Gasteiger partial charge in [-0.2, -0.15) is 5.10 Å². The molecule has 0 spiro atoms.